The van der Waals surface area contributed by atoms with Gasteiger partial charge in [-0.1, -0.05) is 40.2 Å². The molecule has 0 saturated heterocycles. The number of halogens is 2. The maximum Gasteiger partial charge on any atom is 0.0283 e. The molecule has 0 spiro atoms. The highest BCUT2D eigenvalue weighted by Crippen LogP contribution is 2.35. The van der Waals surface area contributed by atoms with Crippen molar-refractivity contribution in [3.8, 4) is 0 Å². The summed E-state index contributed by atoms with van der Waals surface area (Å²) in [6, 6.07) is 10.7. The monoisotopic (exact) mass is 378 g/mol. The van der Waals surface area contributed by atoms with Crippen LogP contribution in [-0.4, -0.2) is 6.26 Å². The molecule has 0 heterocycles. The largest absolute Gasteiger partial charge is 0.128 e. The highest BCUT2D eigenvalue weighted by atomic mass is 127. The third-order valence-corrected chi connectivity index (χ3v) is 4.82. The van der Waals surface area contributed by atoms with Gasteiger partial charge in [-0.25, -0.2) is 0 Å². The molecule has 2 rings (SSSR count). The van der Waals surface area contributed by atoms with Gasteiger partial charge in [-0.2, -0.15) is 0 Å². The first-order valence-corrected chi connectivity index (χ1v) is 7.24. The molecule has 0 aliphatic carbocycles. The van der Waals surface area contributed by atoms with Crippen LogP contribution in [-0.2, 0) is 0 Å². The molecule has 2 aromatic carbocycles. The van der Waals surface area contributed by atoms with Crippen molar-refractivity contribution in [3.05, 3.63) is 38.4 Å². The van der Waals surface area contributed by atoms with Crippen LogP contribution in [0.5, 0.6) is 0 Å². The molecule has 0 aromatic heterocycles. The highest BCUT2D eigenvalue weighted by molar-refractivity contribution is 14.1. The van der Waals surface area contributed by atoms with Gasteiger partial charge in [0, 0.05) is 12.9 Å². The number of benzene rings is 2. The van der Waals surface area contributed by atoms with Crippen molar-refractivity contribution in [2.24, 2.45) is 0 Å². The zero-order valence-corrected chi connectivity index (χ0v) is 12.1. The van der Waals surface area contributed by atoms with E-state index in [0.717, 1.165) is 0 Å². The first-order chi connectivity index (χ1) is 6.74. The molecule has 0 radical (unpaired) electrons. The Kier molecular flexibility index (Phi) is 3.39. The molecule has 2 aromatic rings. The van der Waals surface area contributed by atoms with Crippen LogP contribution in [0.25, 0.3) is 10.8 Å². The maximum atomic E-state index is 3.60. The second kappa shape index (κ2) is 4.41. The van der Waals surface area contributed by atoms with Gasteiger partial charge in [0.15, 0.2) is 0 Å². The molecule has 3 heteroatoms. The predicted molar refractivity (Wildman–Crippen MR) is 76.1 cm³/mol. The van der Waals surface area contributed by atoms with Crippen LogP contribution < -0.4 is 0 Å². The maximum absolute atomic E-state index is 3.60. The summed E-state index contributed by atoms with van der Waals surface area (Å²) in [5.41, 5.74) is 0. The minimum atomic E-state index is 1.18. The van der Waals surface area contributed by atoms with Crippen LogP contribution in [0.15, 0.2) is 39.7 Å². The van der Waals surface area contributed by atoms with Crippen molar-refractivity contribution in [1.82, 2.24) is 0 Å². The number of rotatable bonds is 1. The predicted octanol–water partition coefficient (Wildman–Crippen LogP) is 4.93. The lowest BCUT2D eigenvalue weighted by Crippen LogP contribution is -1.83. The van der Waals surface area contributed by atoms with E-state index >= 15 is 0 Å². The average Bonchev–Trinajstić information content (AvgIpc) is 2.18. The Hall–Kier alpha value is 0.260. The minimum Gasteiger partial charge on any atom is -0.128 e. The van der Waals surface area contributed by atoms with Crippen molar-refractivity contribution in [1.29, 1.82) is 0 Å². The quantitative estimate of drug-likeness (QED) is 0.500. The van der Waals surface area contributed by atoms with Crippen LogP contribution in [0.1, 0.15) is 0 Å². The lowest BCUT2D eigenvalue weighted by molar-refractivity contribution is 1.46. The summed E-state index contributed by atoms with van der Waals surface area (Å²) in [7, 11) is 0. The van der Waals surface area contributed by atoms with Crippen LogP contribution in [0, 0.1) is 3.57 Å². The van der Waals surface area contributed by atoms with Gasteiger partial charge in [0.2, 0.25) is 0 Å². The topological polar surface area (TPSA) is 0 Å². The van der Waals surface area contributed by atoms with Gasteiger partial charge in [0.05, 0.1) is 0 Å². The van der Waals surface area contributed by atoms with Crippen molar-refractivity contribution >= 4 is 61.1 Å². The van der Waals surface area contributed by atoms with Crippen molar-refractivity contribution in [2.75, 3.05) is 6.26 Å². The minimum absolute atomic E-state index is 1.18. The Bertz CT molecular complexity index is 482. The first-order valence-electron chi connectivity index (χ1n) is 4.15. The standard InChI is InChI=1S/C11H8BrIS/c1-14-11-8-5-3-2-4-7(8)9(12)6-10(11)13/h2-6H,1H3. The molecule has 0 N–H and O–H groups in total. The fraction of sp³-hybridized carbons (Fsp3) is 0.0909. The molecule has 0 fully saturated rings. The highest BCUT2D eigenvalue weighted by Gasteiger charge is 2.07. The smallest absolute Gasteiger partial charge is 0.0283 e. The molecule has 72 valence electrons. The summed E-state index contributed by atoms with van der Waals surface area (Å²) in [5.74, 6) is 0. The molecule has 0 atom stereocenters. The van der Waals surface area contributed by atoms with Crippen molar-refractivity contribution in [2.45, 2.75) is 4.90 Å². The molecular weight excluding hydrogens is 371 g/mol. The Morgan fingerprint density at radius 1 is 1.21 bits per heavy atom. The van der Waals surface area contributed by atoms with Crippen LogP contribution >= 0.6 is 50.3 Å². The molecule has 0 aliphatic heterocycles. The lowest BCUT2D eigenvalue weighted by atomic mass is 10.1. The number of hydrogen-bond acceptors (Lipinski definition) is 1. The summed E-state index contributed by atoms with van der Waals surface area (Å²) < 4.78 is 2.48. The molecular formula is C11H8BrIS. The summed E-state index contributed by atoms with van der Waals surface area (Å²) >= 11 is 7.79. The summed E-state index contributed by atoms with van der Waals surface area (Å²) in [4.78, 5) is 1.37. The molecule has 0 saturated carbocycles. The number of thioether (sulfide) groups is 1. The zero-order valence-electron chi connectivity index (χ0n) is 7.55. The Labute approximate surface area is 110 Å². The van der Waals surface area contributed by atoms with Gasteiger partial charge in [-0.05, 0) is 45.7 Å². The number of fused-ring (bicyclic) bond motifs is 1. The van der Waals surface area contributed by atoms with E-state index < -0.39 is 0 Å². The third-order valence-electron chi connectivity index (χ3n) is 2.10. The van der Waals surface area contributed by atoms with Gasteiger partial charge in [0.1, 0.15) is 0 Å². The van der Waals surface area contributed by atoms with Crippen molar-refractivity contribution in [3.63, 3.8) is 0 Å². The van der Waals surface area contributed by atoms with E-state index in [9.17, 15) is 0 Å². The summed E-state index contributed by atoms with van der Waals surface area (Å²) in [6.45, 7) is 0. The summed E-state index contributed by atoms with van der Waals surface area (Å²) in [5, 5.41) is 2.62. The van der Waals surface area contributed by atoms with Crippen LogP contribution in [0.3, 0.4) is 0 Å². The van der Waals surface area contributed by atoms with Crippen LogP contribution in [0.2, 0.25) is 0 Å². The second-order valence-electron chi connectivity index (χ2n) is 2.92. The second-order valence-corrected chi connectivity index (χ2v) is 5.75. The molecule has 0 aliphatic rings. The van der Waals surface area contributed by atoms with E-state index in [2.05, 4.69) is 75.1 Å². The number of hydrogen-bond donors (Lipinski definition) is 0. The van der Waals surface area contributed by atoms with E-state index in [1.165, 1.54) is 23.7 Å². The Morgan fingerprint density at radius 2 is 1.86 bits per heavy atom. The van der Waals surface area contributed by atoms with E-state index in [4.69, 9.17) is 0 Å². The van der Waals surface area contributed by atoms with Crippen LogP contribution in [0.4, 0.5) is 0 Å². The summed E-state index contributed by atoms with van der Waals surface area (Å²) in [6.07, 6.45) is 2.12. The van der Waals surface area contributed by atoms with Gasteiger partial charge >= 0.3 is 0 Å². The van der Waals surface area contributed by atoms with Gasteiger partial charge in [-0.15, -0.1) is 11.8 Å². The fourth-order valence-electron chi connectivity index (χ4n) is 1.48. The van der Waals surface area contributed by atoms with E-state index in [1.807, 2.05) is 0 Å². The lowest BCUT2D eigenvalue weighted by Gasteiger charge is -2.08. The molecule has 0 bridgehead atoms. The van der Waals surface area contributed by atoms with Crippen molar-refractivity contribution < 1.29 is 0 Å². The third kappa shape index (κ3) is 1.82. The average molecular weight is 379 g/mol. The molecule has 14 heavy (non-hydrogen) atoms. The molecule has 0 amide bonds. The zero-order chi connectivity index (χ0) is 10.1. The fourth-order valence-corrected chi connectivity index (χ4v) is 4.40. The SMILES string of the molecule is CSc1c(I)cc(Br)c2ccccc12. The van der Waals surface area contributed by atoms with E-state index in [1.54, 1.807) is 11.8 Å². The van der Waals surface area contributed by atoms with Gasteiger partial charge in [0.25, 0.3) is 0 Å². The van der Waals surface area contributed by atoms with Gasteiger partial charge in [-0.3, -0.25) is 0 Å². The molecule has 0 nitrogen and oxygen atoms in total. The van der Waals surface area contributed by atoms with E-state index in [0.29, 0.717) is 0 Å². The first kappa shape index (κ1) is 10.8. The van der Waals surface area contributed by atoms with E-state index in [-0.39, 0.29) is 0 Å². The molecule has 0 unspecified atom stereocenters. The van der Waals surface area contributed by atoms with Gasteiger partial charge < -0.3 is 0 Å². The Morgan fingerprint density at radius 3 is 2.50 bits per heavy atom. The normalized spacial score (nSPS) is 10.8. The Balaban J connectivity index is 2.90.